The lowest BCUT2D eigenvalue weighted by atomic mass is 9.69. The summed E-state index contributed by atoms with van der Waals surface area (Å²) in [6.45, 7) is 6.94. The molecule has 2 heteroatoms. The monoisotopic (exact) mass is 265 g/mol. The van der Waals surface area contributed by atoms with Gasteiger partial charge in [-0.3, -0.25) is 4.90 Å². The van der Waals surface area contributed by atoms with E-state index in [2.05, 4.69) is 18.7 Å². The van der Waals surface area contributed by atoms with E-state index in [-0.39, 0.29) is 11.5 Å². The number of aliphatic hydroxyl groups excluding tert-OH is 1. The molecular weight excluding hydrogens is 234 g/mol. The maximum Gasteiger partial charge on any atom is 0.0631 e. The van der Waals surface area contributed by atoms with Crippen molar-refractivity contribution in [2.75, 3.05) is 13.1 Å². The van der Waals surface area contributed by atoms with E-state index >= 15 is 0 Å². The Kier molecular flexibility index (Phi) is 3.92. The topological polar surface area (TPSA) is 23.5 Å². The minimum absolute atomic E-state index is 0.0936. The molecule has 0 spiro atoms. The zero-order valence-corrected chi connectivity index (χ0v) is 12.8. The number of likely N-dealkylation sites (tertiary alicyclic amines) is 1. The normalized spacial score (nSPS) is 43.1. The highest BCUT2D eigenvalue weighted by atomic mass is 16.3. The SMILES string of the molecule is CC1(C)CCCC(CN2CCC3CCCCC32)C1O. The van der Waals surface area contributed by atoms with Gasteiger partial charge in [-0.1, -0.05) is 33.1 Å². The van der Waals surface area contributed by atoms with Crippen LogP contribution in [0.15, 0.2) is 0 Å². The highest BCUT2D eigenvalue weighted by Crippen LogP contribution is 2.42. The second kappa shape index (κ2) is 5.37. The van der Waals surface area contributed by atoms with E-state index in [9.17, 15) is 5.11 Å². The number of nitrogens with zero attached hydrogens (tertiary/aromatic N) is 1. The summed E-state index contributed by atoms with van der Waals surface area (Å²) in [5, 5.41) is 10.6. The van der Waals surface area contributed by atoms with Crippen LogP contribution in [0.1, 0.15) is 65.2 Å². The summed E-state index contributed by atoms with van der Waals surface area (Å²) < 4.78 is 0. The summed E-state index contributed by atoms with van der Waals surface area (Å²) in [5.41, 5.74) is 0.134. The molecule has 0 aromatic heterocycles. The largest absolute Gasteiger partial charge is 0.392 e. The molecular formula is C17H31NO. The van der Waals surface area contributed by atoms with Gasteiger partial charge in [0.25, 0.3) is 0 Å². The summed E-state index contributed by atoms with van der Waals surface area (Å²) in [6, 6.07) is 0.853. The summed E-state index contributed by atoms with van der Waals surface area (Å²) >= 11 is 0. The predicted octanol–water partition coefficient (Wildman–Crippen LogP) is 3.44. The first kappa shape index (κ1) is 13.9. The molecule has 4 atom stereocenters. The van der Waals surface area contributed by atoms with Crippen molar-refractivity contribution in [1.82, 2.24) is 4.90 Å². The molecule has 1 N–H and O–H groups in total. The van der Waals surface area contributed by atoms with Gasteiger partial charge in [0.15, 0.2) is 0 Å². The highest BCUT2D eigenvalue weighted by Gasteiger charge is 2.41. The van der Waals surface area contributed by atoms with Crippen molar-refractivity contribution in [3.05, 3.63) is 0 Å². The minimum atomic E-state index is -0.0936. The van der Waals surface area contributed by atoms with Crippen LogP contribution in [-0.2, 0) is 0 Å². The van der Waals surface area contributed by atoms with Gasteiger partial charge in [-0.15, -0.1) is 0 Å². The minimum Gasteiger partial charge on any atom is -0.392 e. The van der Waals surface area contributed by atoms with E-state index in [1.54, 1.807) is 0 Å². The molecule has 1 saturated heterocycles. The van der Waals surface area contributed by atoms with Crippen molar-refractivity contribution >= 4 is 0 Å². The van der Waals surface area contributed by atoms with E-state index in [0.29, 0.717) is 5.92 Å². The molecule has 1 aliphatic heterocycles. The number of hydrogen-bond donors (Lipinski definition) is 1. The van der Waals surface area contributed by atoms with Gasteiger partial charge >= 0.3 is 0 Å². The summed E-state index contributed by atoms with van der Waals surface area (Å²) in [6.07, 6.45) is 10.8. The van der Waals surface area contributed by atoms with Crippen LogP contribution in [0, 0.1) is 17.3 Å². The molecule has 2 aliphatic carbocycles. The van der Waals surface area contributed by atoms with E-state index in [1.807, 2.05) is 0 Å². The van der Waals surface area contributed by atoms with E-state index in [1.165, 1.54) is 57.9 Å². The van der Waals surface area contributed by atoms with Crippen molar-refractivity contribution in [2.24, 2.45) is 17.3 Å². The third-order valence-corrected chi connectivity index (χ3v) is 6.24. The molecule has 0 amide bonds. The Morgan fingerprint density at radius 1 is 1.05 bits per heavy atom. The molecule has 2 saturated carbocycles. The van der Waals surface area contributed by atoms with Gasteiger partial charge in [0, 0.05) is 12.6 Å². The molecule has 3 aliphatic rings. The number of fused-ring (bicyclic) bond motifs is 1. The molecule has 19 heavy (non-hydrogen) atoms. The van der Waals surface area contributed by atoms with Crippen molar-refractivity contribution in [3.63, 3.8) is 0 Å². The Morgan fingerprint density at radius 2 is 1.84 bits per heavy atom. The van der Waals surface area contributed by atoms with Crippen LogP contribution >= 0.6 is 0 Å². The maximum atomic E-state index is 10.6. The van der Waals surface area contributed by atoms with Crippen molar-refractivity contribution < 1.29 is 5.11 Å². The molecule has 0 aromatic carbocycles. The summed E-state index contributed by atoms with van der Waals surface area (Å²) in [4.78, 5) is 2.74. The van der Waals surface area contributed by atoms with Crippen LogP contribution in [0.3, 0.4) is 0 Å². The maximum absolute atomic E-state index is 10.6. The Morgan fingerprint density at radius 3 is 2.68 bits per heavy atom. The highest BCUT2D eigenvalue weighted by molar-refractivity contribution is 4.94. The Balaban J connectivity index is 1.61. The number of hydrogen-bond acceptors (Lipinski definition) is 2. The van der Waals surface area contributed by atoms with Gasteiger partial charge in [-0.2, -0.15) is 0 Å². The molecule has 4 unspecified atom stereocenters. The molecule has 0 aromatic rings. The molecule has 0 radical (unpaired) electrons. The van der Waals surface area contributed by atoms with Gasteiger partial charge in [-0.05, 0) is 55.9 Å². The molecule has 1 heterocycles. The van der Waals surface area contributed by atoms with Gasteiger partial charge in [-0.25, -0.2) is 0 Å². The van der Waals surface area contributed by atoms with Crippen molar-refractivity contribution in [2.45, 2.75) is 77.4 Å². The van der Waals surface area contributed by atoms with Gasteiger partial charge in [0.1, 0.15) is 0 Å². The van der Waals surface area contributed by atoms with E-state index in [0.717, 1.165) is 18.5 Å². The Labute approximate surface area is 118 Å². The van der Waals surface area contributed by atoms with Crippen LogP contribution in [0.25, 0.3) is 0 Å². The zero-order valence-electron chi connectivity index (χ0n) is 12.8. The van der Waals surface area contributed by atoms with Gasteiger partial charge in [0.2, 0.25) is 0 Å². The van der Waals surface area contributed by atoms with Crippen LogP contribution < -0.4 is 0 Å². The smallest absolute Gasteiger partial charge is 0.0631 e. The molecule has 3 fully saturated rings. The fourth-order valence-electron chi connectivity index (χ4n) is 4.99. The van der Waals surface area contributed by atoms with Crippen molar-refractivity contribution in [3.8, 4) is 0 Å². The standard InChI is InChI=1S/C17H31NO/c1-17(2)10-5-7-14(16(17)19)12-18-11-9-13-6-3-4-8-15(13)18/h13-16,19H,3-12H2,1-2H3. The average Bonchev–Trinajstić information content (AvgIpc) is 2.79. The molecule has 3 rings (SSSR count). The van der Waals surface area contributed by atoms with Crippen LogP contribution in [-0.4, -0.2) is 35.2 Å². The number of rotatable bonds is 2. The van der Waals surface area contributed by atoms with Gasteiger partial charge < -0.3 is 5.11 Å². The Hall–Kier alpha value is -0.0800. The first-order chi connectivity index (χ1) is 9.08. The van der Waals surface area contributed by atoms with E-state index in [4.69, 9.17) is 0 Å². The third-order valence-electron chi connectivity index (χ3n) is 6.24. The quantitative estimate of drug-likeness (QED) is 0.827. The second-order valence-corrected chi connectivity index (χ2v) is 7.98. The lowest BCUT2D eigenvalue weighted by Crippen LogP contribution is -2.46. The first-order valence-electron chi connectivity index (χ1n) is 8.50. The fourth-order valence-corrected chi connectivity index (χ4v) is 4.99. The predicted molar refractivity (Wildman–Crippen MR) is 79.1 cm³/mol. The lowest BCUT2D eigenvalue weighted by Gasteiger charge is -2.43. The molecule has 110 valence electrons. The van der Waals surface area contributed by atoms with Crippen molar-refractivity contribution in [1.29, 1.82) is 0 Å². The molecule has 0 bridgehead atoms. The second-order valence-electron chi connectivity index (χ2n) is 7.98. The van der Waals surface area contributed by atoms with E-state index < -0.39 is 0 Å². The average molecular weight is 265 g/mol. The fraction of sp³-hybridized carbons (Fsp3) is 1.00. The van der Waals surface area contributed by atoms with Crippen LogP contribution in [0.2, 0.25) is 0 Å². The lowest BCUT2D eigenvalue weighted by molar-refractivity contribution is -0.0456. The first-order valence-corrected chi connectivity index (χ1v) is 8.50. The zero-order chi connectivity index (χ0) is 13.5. The third kappa shape index (κ3) is 2.71. The van der Waals surface area contributed by atoms with Crippen LogP contribution in [0.5, 0.6) is 0 Å². The van der Waals surface area contributed by atoms with Crippen LogP contribution in [0.4, 0.5) is 0 Å². The number of aliphatic hydroxyl groups is 1. The van der Waals surface area contributed by atoms with Gasteiger partial charge in [0.05, 0.1) is 6.10 Å². The summed E-state index contributed by atoms with van der Waals surface area (Å²) in [5.74, 6) is 1.49. The Bertz CT molecular complexity index is 314. The summed E-state index contributed by atoms with van der Waals surface area (Å²) in [7, 11) is 0. The molecule has 2 nitrogen and oxygen atoms in total.